The smallest absolute Gasteiger partial charge is 0.324 e. The van der Waals surface area contributed by atoms with Gasteiger partial charge in [-0.05, 0) is 13.3 Å². The highest BCUT2D eigenvalue weighted by molar-refractivity contribution is 5.76. The summed E-state index contributed by atoms with van der Waals surface area (Å²) in [5.74, 6) is -0.117. The highest BCUT2D eigenvalue weighted by Crippen LogP contribution is 2.06. The van der Waals surface area contributed by atoms with Crippen molar-refractivity contribution in [1.29, 1.82) is 0 Å². The van der Waals surface area contributed by atoms with Crippen LogP contribution in [0.5, 0.6) is 0 Å². The molecule has 0 aromatic carbocycles. The number of hydrogen-bond donors (Lipinski definition) is 1. The Labute approximate surface area is 91.3 Å². The summed E-state index contributed by atoms with van der Waals surface area (Å²) in [4.78, 5) is 13.8. The average Bonchev–Trinajstić information content (AvgIpc) is 2.27. The molecule has 1 aliphatic heterocycles. The Hall–Kier alpha value is -0.870. The monoisotopic (exact) mass is 212 g/mol. The van der Waals surface area contributed by atoms with E-state index in [9.17, 15) is 4.79 Å². The molecule has 0 saturated carbocycles. The van der Waals surface area contributed by atoms with E-state index < -0.39 is 0 Å². The lowest BCUT2D eigenvalue weighted by Gasteiger charge is -2.34. The first-order valence-electron chi connectivity index (χ1n) is 5.52. The zero-order valence-corrected chi connectivity index (χ0v) is 9.37. The van der Waals surface area contributed by atoms with Crippen molar-refractivity contribution < 1.29 is 9.53 Å². The molecule has 1 saturated heterocycles. The normalized spacial score (nSPS) is 22.3. The maximum absolute atomic E-state index is 11.6. The predicted molar refractivity (Wildman–Crippen MR) is 59.7 cm³/mol. The van der Waals surface area contributed by atoms with Crippen LogP contribution < -0.4 is 5.32 Å². The minimum absolute atomic E-state index is 0.117. The molecule has 1 atom stereocenters. The fourth-order valence-electron chi connectivity index (χ4n) is 1.74. The highest BCUT2D eigenvalue weighted by Gasteiger charge is 2.28. The maximum Gasteiger partial charge on any atom is 0.324 e. The van der Waals surface area contributed by atoms with E-state index in [1.807, 2.05) is 13.0 Å². The largest absolute Gasteiger partial charge is 0.465 e. The molecule has 0 aliphatic carbocycles. The molecule has 4 heteroatoms. The van der Waals surface area contributed by atoms with Crippen molar-refractivity contribution in [2.45, 2.75) is 19.4 Å². The molecule has 86 valence electrons. The lowest BCUT2D eigenvalue weighted by Crippen LogP contribution is -2.55. The fraction of sp³-hybridized carbons (Fsp3) is 0.727. The van der Waals surface area contributed by atoms with Gasteiger partial charge in [-0.1, -0.05) is 6.08 Å². The van der Waals surface area contributed by atoms with E-state index in [2.05, 4.69) is 16.8 Å². The zero-order valence-electron chi connectivity index (χ0n) is 9.37. The Morgan fingerprint density at radius 3 is 3.20 bits per heavy atom. The van der Waals surface area contributed by atoms with Gasteiger partial charge in [-0.25, -0.2) is 0 Å². The molecule has 1 aliphatic rings. The van der Waals surface area contributed by atoms with Crippen molar-refractivity contribution >= 4 is 5.97 Å². The number of carbonyl (C=O) groups is 1. The van der Waals surface area contributed by atoms with Gasteiger partial charge in [-0.15, -0.1) is 6.58 Å². The minimum atomic E-state index is -0.126. The predicted octanol–water partition coefficient (Wildman–Crippen LogP) is 0.399. The summed E-state index contributed by atoms with van der Waals surface area (Å²) >= 11 is 0. The summed E-state index contributed by atoms with van der Waals surface area (Å²) in [7, 11) is 0. The van der Waals surface area contributed by atoms with Gasteiger partial charge in [0.2, 0.25) is 0 Å². The second-order valence-corrected chi connectivity index (χ2v) is 3.59. The molecule has 0 aromatic heterocycles. The van der Waals surface area contributed by atoms with Crippen LogP contribution in [0.25, 0.3) is 0 Å². The quantitative estimate of drug-likeness (QED) is 0.529. The first-order chi connectivity index (χ1) is 7.29. The van der Waals surface area contributed by atoms with E-state index in [1.54, 1.807) is 0 Å². The standard InChI is InChI=1S/C11H20N2O2/c1-3-5-7-13-8-6-12-9-10(13)11(14)15-4-2/h3,10,12H,1,4-9H2,2H3. The number of piperazine rings is 1. The summed E-state index contributed by atoms with van der Waals surface area (Å²) in [6.45, 7) is 9.39. The molecule has 15 heavy (non-hydrogen) atoms. The lowest BCUT2D eigenvalue weighted by molar-refractivity contribution is -0.150. The van der Waals surface area contributed by atoms with Crippen LogP contribution >= 0.6 is 0 Å². The number of nitrogens with one attached hydrogen (secondary N) is 1. The van der Waals surface area contributed by atoms with Crippen molar-refractivity contribution in [2.24, 2.45) is 0 Å². The Bertz CT molecular complexity index is 219. The van der Waals surface area contributed by atoms with Gasteiger partial charge < -0.3 is 10.1 Å². The summed E-state index contributed by atoms with van der Waals surface area (Å²) in [5, 5.41) is 3.21. The third-order valence-electron chi connectivity index (χ3n) is 2.53. The molecule has 0 amide bonds. The van der Waals surface area contributed by atoms with E-state index in [-0.39, 0.29) is 12.0 Å². The third kappa shape index (κ3) is 3.64. The van der Waals surface area contributed by atoms with Crippen molar-refractivity contribution in [3.8, 4) is 0 Å². The number of esters is 1. The third-order valence-corrected chi connectivity index (χ3v) is 2.53. The van der Waals surface area contributed by atoms with Gasteiger partial charge >= 0.3 is 5.97 Å². The van der Waals surface area contributed by atoms with Crippen LogP contribution in [0.4, 0.5) is 0 Å². The molecule has 1 heterocycles. The van der Waals surface area contributed by atoms with E-state index in [0.717, 1.165) is 26.1 Å². The van der Waals surface area contributed by atoms with Crippen LogP contribution in [-0.2, 0) is 9.53 Å². The Morgan fingerprint density at radius 1 is 1.73 bits per heavy atom. The van der Waals surface area contributed by atoms with Crippen LogP contribution in [0.3, 0.4) is 0 Å². The first kappa shape index (κ1) is 12.2. The molecule has 0 spiro atoms. The van der Waals surface area contributed by atoms with Crippen LogP contribution in [-0.4, -0.2) is 49.7 Å². The van der Waals surface area contributed by atoms with Gasteiger partial charge in [0.1, 0.15) is 6.04 Å². The fourth-order valence-corrected chi connectivity index (χ4v) is 1.74. The van der Waals surface area contributed by atoms with Crippen molar-refractivity contribution in [3.63, 3.8) is 0 Å². The maximum atomic E-state index is 11.6. The van der Waals surface area contributed by atoms with Crippen molar-refractivity contribution in [3.05, 3.63) is 12.7 Å². The highest BCUT2D eigenvalue weighted by atomic mass is 16.5. The molecule has 1 unspecified atom stereocenters. The average molecular weight is 212 g/mol. The van der Waals surface area contributed by atoms with Crippen LogP contribution in [0.15, 0.2) is 12.7 Å². The van der Waals surface area contributed by atoms with Gasteiger partial charge in [0, 0.05) is 26.2 Å². The van der Waals surface area contributed by atoms with Crippen molar-refractivity contribution in [2.75, 3.05) is 32.8 Å². The molecule has 0 bridgehead atoms. The molecule has 1 fully saturated rings. The first-order valence-corrected chi connectivity index (χ1v) is 5.52. The van der Waals surface area contributed by atoms with Gasteiger partial charge in [0.25, 0.3) is 0 Å². The Morgan fingerprint density at radius 2 is 2.53 bits per heavy atom. The van der Waals surface area contributed by atoms with E-state index in [0.29, 0.717) is 13.2 Å². The molecular weight excluding hydrogens is 192 g/mol. The number of hydrogen-bond acceptors (Lipinski definition) is 4. The number of nitrogens with zero attached hydrogens (tertiary/aromatic N) is 1. The number of rotatable bonds is 5. The summed E-state index contributed by atoms with van der Waals surface area (Å²) in [6, 6.07) is -0.126. The summed E-state index contributed by atoms with van der Waals surface area (Å²) < 4.78 is 5.05. The second-order valence-electron chi connectivity index (χ2n) is 3.59. The molecule has 0 aromatic rings. The SMILES string of the molecule is C=CCCN1CCNCC1C(=O)OCC. The second kappa shape index (κ2) is 6.58. The van der Waals surface area contributed by atoms with Gasteiger partial charge in [-0.2, -0.15) is 0 Å². The topological polar surface area (TPSA) is 41.6 Å². The zero-order chi connectivity index (χ0) is 11.1. The molecule has 1 N–H and O–H groups in total. The molecule has 0 radical (unpaired) electrons. The van der Waals surface area contributed by atoms with Crippen LogP contribution in [0, 0.1) is 0 Å². The van der Waals surface area contributed by atoms with Gasteiger partial charge in [-0.3, -0.25) is 9.69 Å². The van der Waals surface area contributed by atoms with E-state index in [4.69, 9.17) is 4.74 Å². The molecule has 1 rings (SSSR count). The van der Waals surface area contributed by atoms with Crippen LogP contribution in [0.2, 0.25) is 0 Å². The van der Waals surface area contributed by atoms with Gasteiger partial charge in [0.15, 0.2) is 0 Å². The summed E-state index contributed by atoms with van der Waals surface area (Å²) in [5.41, 5.74) is 0. The summed E-state index contributed by atoms with van der Waals surface area (Å²) in [6.07, 6.45) is 2.79. The molecular formula is C11H20N2O2. The van der Waals surface area contributed by atoms with Crippen LogP contribution in [0.1, 0.15) is 13.3 Å². The van der Waals surface area contributed by atoms with E-state index >= 15 is 0 Å². The number of carbonyl (C=O) groups excluding carboxylic acids is 1. The minimum Gasteiger partial charge on any atom is -0.465 e. The van der Waals surface area contributed by atoms with E-state index in [1.165, 1.54) is 0 Å². The van der Waals surface area contributed by atoms with Gasteiger partial charge in [0.05, 0.1) is 6.61 Å². The molecule has 4 nitrogen and oxygen atoms in total. The Kier molecular flexibility index (Phi) is 5.36. The lowest BCUT2D eigenvalue weighted by atomic mass is 10.2. The van der Waals surface area contributed by atoms with Crippen molar-refractivity contribution in [1.82, 2.24) is 10.2 Å². The number of ether oxygens (including phenoxy) is 1. The Balaban J connectivity index is 2.48.